The second-order valence-corrected chi connectivity index (χ2v) is 10.1. The second kappa shape index (κ2) is 11.1. The molecule has 2 aromatic carbocycles. The largest absolute Gasteiger partial charge is 0.481 e. The minimum absolute atomic E-state index is 0.336. The van der Waals surface area contributed by atoms with Gasteiger partial charge in [0, 0.05) is 12.6 Å². The highest BCUT2D eigenvalue weighted by molar-refractivity contribution is 5.77. The van der Waals surface area contributed by atoms with E-state index in [2.05, 4.69) is 82.0 Å². The number of carboxylic acid groups (broad SMARTS) is 1. The van der Waals surface area contributed by atoms with Crippen LogP contribution in [0.25, 0.3) is 11.1 Å². The third kappa shape index (κ3) is 6.01. The molecule has 0 bridgehead atoms. The third-order valence-electron chi connectivity index (χ3n) is 7.15. The molecule has 1 fully saturated rings. The minimum atomic E-state index is -0.715. The molecule has 3 heteroatoms. The molecule has 0 aromatic heterocycles. The number of hydrogen-bond acceptors (Lipinski definition) is 2. The van der Waals surface area contributed by atoms with Crippen molar-refractivity contribution in [3.8, 4) is 11.1 Å². The lowest BCUT2D eigenvalue weighted by atomic mass is 9.82. The number of nitrogens with zero attached hydrogens (tertiary/aromatic N) is 1. The molecular weight excluding hydrogens is 394 g/mol. The fraction of sp³-hybridized carbons (Fsp3) is 0.552. The van der Waals surface area contributed by atoms with E-state index in [0.717, 1.165) is 17.7 Å². The van der Waals surface area contributed by atoms with Crippen molar-refractivity contribution >= 4 is 5.97 Å². The lowest BCUT2D eigenvalue weighted by Crippen LogP contribution is -2.41. The van der Waals surface area contributed by atoms with Crippen LogP contribution in [0.4, 0.5) is 0 Å². The van der Waals surface area contributed by atoms with Gasteiger partial charge in [0.1, 0.15) is 0 Å². The Kier molecular flexibility index (Phi) is 8.53. The maximum Gasteiger partial charge on any atom is 0.310 e. The number of likely N-dealkylation sites (tertiary alicyclic amines) is 1. The molecule has 1 aliphatic heterocycles. The molecule has 0 spiro atoms. The number of carboxylic acids is 1. The highest BCUT2D eigenvalue weighted by atomic mass is 16.4. The van der Waals surface area contributed by atoms with E-state index >= 15 is 0 Å². The maximum absolute atomic E-state index is 12.2. The van der Waals surface area contributed by atoms with Gasteiger partial charge in [-0.3, -0.25) is 9.69 Å². The van der Waals surface area contributed by atoms with Crippen molar-refractivity contribution in [3.05, 3.63) is 59.2 Å². The Morgan fingerprint density at radius 1 is 1.06 bits per heavy atom. The smallest absolute Gasteiger partial charge is 0.310 e. The first kappa shape index (κ1) is 24.5. The van der Waals surface area contributed by atoms with Gasteiger partial charge < -0.3 is 5.11 Å². The summed E-state index contributed by atoms with van der Waals surface area (Å²) in [5.41, 5.74) is 5.82. The molecule has 0 radical (unpaired) electrons. The van der Waals surface area contributed by atoms with Crippen LogP contribution in [0, 0.1) is 12.8 Å². The van der Waals surface area contributed by atoms with Gasteiger partial charge in [0.25, 0.3) is 0 Å². The van der Waals surface area contributed by atoms with Gasteiger partial charge in [-0.1, -0.05) is 75.7 Å². The molecule has 0 amide bonds. The topological polar surface area (TPSA) is 40.5 Å². The molecule has 174 valence electrons. The molecule has 2 aromatic rings. The van der Waals surface area contributed by atoms with Crippen LogP contribution in [0.1, 0.15) is 88.3 Å². The zero-order valence-electron chi connectivity index (χ0n) is 20.6. The van der Waals surface area contributed by atoms with Gasteiger partial charge in [0.2, 0.25) is 0 Å². The van der Waals surface area contributed by atoms with Crippen molar-refractivity contribution in [1.29, 1.82) is 0 Å². The van der Waals surface area contributed by atoms with Crippen LogP contribution in [0.3, 0.4) is 0 Å². The number of aryl methyl sites for hydroxylation is 1. The average Bonchev–Trinajstić information content (AvgIpc) is 2.78. The molecule has 1 N–H and O–H groups in total. The Labute approximate surface area is 194 Å². The quantitative estimate of drug-likeness (QED) is 0.451. The number of hydrogen-bond donors (Lipinski definition) is 1. The summed E-state index contributed by atoms with van der Waals surface area (Å²) in [7, 11) is 0. The minimum Gasteiger partial charge on any atom is -0.481 e. The fourth-order valence-electron chi connectivity index (χ4n) is 5.29. The summed E-state index contributed by atoms with van der Waals surface area (Å²) in [6.07, 6.45) is 5.42. The lowest BCUT2D eigenvalue weighted by molar-refractivity contribution is -0.139. The van der Waals surface area contributed by atoms with Crippen LogP contribution in [0.15, 0.2) is 42.5 Å². The van der Waals surface area contributed by atoms with E-state index in [1.165, 1.54) is 48.9 Å². The van der Waals surface area contributed by atoms with E-state index in [0.29, 0.717) is 24.3 Å². The standard InChI is InChI=1S/C29H41NO2/c1-6-27(7-2)30-14-8-9-23(19-30)25-16-24(22-12-10-21(5)11-13-22)17-26(18-25)28(29(31)32)15-20(3)4/h10-13,16-18,20,23,27-28H,6-9,14-15,19H2,1-5H3,(H,31,32). The lowest BCUT2D eigenvalue weighted by Gasteiger charge is -2.38. The maximum atomic E-state index is 12.2. The molecule has 3 nitrogen and oxygen atoms in total. The summed E-state index contributed by atoms with van der Waals surface area (Å²) in [4.78, 5) is 14.9. The predicted octanol–water partition coefficient (Wildman–Crippen LogP) is 7.24. The highest BCUT2D eigenvalue weighted by Gasteiger charge is 2.28. The average molecular weight is 436 g/mol. The Morgan fingerprint density at radius 2 is 1.75 bits per heavy atom. The van der Waals surface area contributed by atoms with Gasteiger partial charge in [0.05, 0.1) is 5.92 Å². The molecular formula is C29H41NO2. The van der Waals surface area contributed by atoms with Crippen molar-refractivity contribution in [2.24, 2.45) is 5.92 Å². The molecule has 1 aliphatic rings. The highest BCUT2D eigenvalue weighted by Crippen LogP contribution is 2.36. The number of piperidine rings is 1. The molecule has 1 saturated heterocycles. The van der Waals surface area contributed by atoms with Crippen molar-refractivity contribution in [2.75, 3.05) is 13.1 Å². The first-order valence-electron chi connectivity index (χ1n) is 12.5. The first-order chi connectivity index (χ1) is 15.3. The number of carbonyl (C=O) groups is 1. The molecule has 32 heavy (non-hydrogen) atoms. The Morgan fingerprint density at radius 3 is 2.34 bits per heavy atom. The molecule has 2 unspecified atom stereocenters. The Bertz CT molecular complexity index is 883. The van der Waals surface area contributed by atoms with Crippen LogP contribution in [0.2, 0.25) is 0 Å². The number of rotatable bonds is 9. The summed E-state index contributed by atoms with van der Waals surface area (Å²) >= 11 is 0. The van der Waals surface area contributed by atoms with Crippen molar-refractivity contribution < 1.29 is 9.90 Å². The summed E-state index contributed by atoms with van der Waals surface area (Å²) in [5.74, 6) is -0.379. The number of benzene rings is 2. The van der Waals surface area contributed by atoms with Crippen molar-refractivity contribution in [2.45, 2.75) is 84.6 Å². The summed E-state index contributed by atoms with van der Waals surface area (Å²) in [6.45, 7) is 13.1. The van der Waals surface area contributed by atoms with Crippen LogP contribution >= 0.6 is 0 Å². The summed E-state index contributed by atoms with van der Waals surface area (Å²) < 4.78 is 0. The van der Waals surface area contributed by atoms with Crippen molar-refractivity contribution in [3.63, 3.8) is 0 Å². The predicted molar refractivity (Wildman–Crippen MR) is 134 cm³/mol. The van der Waals surface area contributed by atoms with E-state index in [9.17, 15) is 9.90 Å². The fourth-order valence-corrected chi connectivity index (χ4v) is 5.29. The summed E-state index contributed by atoms with van der Waals surface area (Å²) in [5, 5.41) is 10.0. The van der Waals surface area contributed by atoms with Gasteiger partial charge in [-0.05, 0) is 79.7 Å². The second-order valence-electron chi connectivity index (χ2n) is 10.1. The van der Waals surface area contributed by atoms with Crippen LogP contribution in [0.5, 0.6) is 0 Å². The first-order valence-corrected chi connectivity index (χ1v) is 12.5. The van der Waals surface area contributed by atoms with Gasteiger partial charge in [-0.2, -0.15) is 0 Å². The molecule has 0 aliphatic carbocycles. The van der Waals surface area contributed by atoms with Crippen molar-refractivity contribution in [1.82, 2.24) is 4.90 Å². The third-order valence-corrected chi connectivity index (χ3v) is 7.15. The Balaban J connectivity index is 2.03. The zero-order chi connectivity index (χ0) is 23.3. The monoisotopic (exact) mass is 435 g/mol. The van der Waals surface area contributed by atoms with Crippen LogP contribution < -0.4 is 0 Å². The van der Waals surface area contributed by atoms with E-state index < -0.39 is 11.9 Å². The van der Waals surface area contributed by atoms with Crippen LogP contribution in [-0.2, 0) is 4.79 Å². The van der Waals surface area contributed by atoms with E-state index in [1.54, 1.807) is 0 Å². The van der Waals surface area contributed by atoms with Crippen LogP contribution in [-0.4, -0.2) is 35.1 Å². The molecule has 3 rings (SSSR count). The molecule has 0 saturated carbocycles. The van der Waals surface area contributed by atoms with E-state index in [-0.39, 0.29) is 0 Å². The molecule has 2 atom stereocenters. The van der Waals surface area contributed by atoms with Gasteiger partial charge >= 0.3 is 5.97 Å². The van der Waals surface area contributed by atoms with Gasteiger partial charge in [-0.15, -0.1) is 0 Å². The zero-order valence-corrected chi connectivity index (χ0v) is 20.6. The number of aliphatic carboxylic acids is 1. The Hall–Kier alpha value is -2.13. The SMILES string of the molecule is CCC(CC)N1CCCC(c2cc(-c3ccc(C)cc3)cc(C(CC(C)C)C(=O)O)c2)C1. The van der Waals surface area contributed by atoms with E-state index in [1.807, 2.05) is 0 Å². The van der Waals surface area contributed by atoms with Gasteiger partial charge in [-0.25, -0.2) is 0 Å². The van der Waals surface area contributed by atoms with Gasteiger partial charge in [0.15, 0.2) is 0 Å². The normalized spacial score (nSPS) is 18.3. The van der Waals surface area contributed by atoms with E-state index in [4.69, 9.17) is 0 Å². The summed E-state index contributed by atoms with van der Waals surface area (Å²) in [6, 6.07) is 15.9. The molecule has 1 heterocycles.